The Morgan fingerprint density at radius 3 is 2.80 bits per heavy atom. The molecule has 4 nitrogen and oxygen atoms in total. The molecule has 0 aliphatic rings. The topological polar surface area (TPSA) is 66.0 Å². The predicted octanol–water partition coefficient (Wildman–Crippen LogP) is 4.37. The van der Waals surface area contributed by atoms with Gasteiger partial charge in [-0.05, 0) is 36.4 Å². The number of thiophene rings is 1. The van der Waals surface area contributed by atoms with Crippen LogP contribution in [0.1, 0.15) is 10.6 Å². The summed E-state index contributed by atoms with van der Waals surface area (Å²) in [6.45, 7) is 0.204. The Hall–Kier alpha value is -3.17. The normalized spacial score (nSPS) is 11.1. The molecule has 0 unspecified atom stereocenters. The monoisotopic (exact) mass is 352 g/mol. The Labute approximate surface area is 147 Å². The van der Waals surface area contributed by atoms with Gasteiger partial charge in [0, 0.05) is 15.3 Å². The fraction of sp³-hybridized carbons (Fsp3) is 0.0526. The molecule has 0 atom stereocenters. The first kappa shape index (κ1) is 16.7. The first-order chi connectivity index (χ1) is 12.2. The molecular formula is C19H13FN2O2S. The summed E-state index contributed by atoms with van der Waals surface area (Å²) < 4.78 is 19.0. The molecule has 0 saturated carbocycles. The Morgan fingerprint density at radius 2 is 2.08 bits per heavy atom. The molecule has 0 aliphatic heterocycles. The van der Waals surface area contributed by atoms with E-state index in [0.717, 1.165) is 4.88 Å². The van der Waals surface area contributed by atoms with Crippen LogP contribution in [0.15, 0.2) is 64.8 Å². The molecule has 3 rings (SSSR count). The summed E-state index contributed by atoms with van der Waals surface area (Å²) in [5.74, 6) is -0.195. The lowest BCUT2D eigenvalue weighted by atomic mass is 10.2. The second kappa shape index (κ2) is 7.60. The van der Waals surface area contributed by atoms with Gasteiger partial charge in [-0.15, -0.1) is 11.3 Å². The quantitative estimate of drug-likeness (QED) is 0.548. The maximum Gasteiger partial charge on any atom is 0.262 e. The predicted molar refractivity (Wildman–Crippen MR) is 93.9 cm³/mol. The van der Waals surface area contributed by atoms with E-state index in [1.165, 1.54) is 29.7 Å². The molecule has 0 bridgehead atoms. The smallest absolute Gasteiger partial charge is 0.262 e. The van der Waals surface area contributed by atoms with Crippen molar-refractivity contribution in [3.8, 4) is 16.5 Å². The molecule has 124 valence electrons. The van der Waals surface area contributed by atoms with Crippen LogP contribution in [0.2, 0.25) is 0 Å². The molecule has 25 heavy (non-hydrogen) atoms. The van der Waals surface area contributed by atoms with E-state index in [0.29, 0.717) is 16.2 Å². The van der Waals surface area contributed by atoms with Crippen LogP contribution in [-0.4, -0.2) is 5.91 Å². The highest BCUT2D eigenvalue weighted by Gasteiger charge is 2.11. The zero-order valence-electron chi connectivity index (χ0n) is 13.0. The third kappa shape index (κ3) is 4.03. The van der Waals surface area contributed by atoms with E-state index < -0.39 is 5.91 Å². The molecule has 1 aromatic carbocycles. The maximum atomic E-state index is 13.8. The fourth-order valence-corrected chi connectivity index (χ4v) is 3.18. The van der Waals surface area contributed by atoms with Crippen molar-refractivity contribution in [1.82, 2.24) is 5.32 Å². The highest BCUT2D eigenvalue weighted by Crippen LogP contribution is 2.31. The number of nitrogens with one attached hydrogen (secondary N) is 1. The molecule has 6 heteroatoms. The summed E-state index contributed by atoms with van der Waals surface area (Å²) in [4.78, 5) is 13.5. The molecule has 1 amide bonds. The number of halogens is 1. The van der Waals surface area contributed by atoms with E-state index in [1.54, 1.807) is 42.5 Å². The van der Waals surface area contributed by atoms with Gasteiger partial charge in [0.1, 0.15) is 23.2 Å². The first-order valence-corrected chi connectivity index (χ1v) is 8.26. The lowest BCUT2D eigenvalue weighted by Crippen LogP contribution is -2.23. The number of hydrogen-bond acceptors (Lipinski definition) is 4. The van der Waals surface area contributed by atoms with Crippen molar-refractivity contribution in [2.45, 2.75) is 6.54 Å². The van der Waals surface area contributed by atoms with Crippen LogP contribution in [0, 0.1) is 17.1 Å². The van der Waals surface area contributed by atoms with Crippen molar-refractivity contribution in [3.63, 3.8) is 0 Å². The standard InChI is InChI=1S/C19H13FN2O2S/c20-17-6-2-1-5-16(17)18-8-7-15(25-18)10-13(11-21)19(23)22-12-14-4-3-9-24-14/h1-10H,12H2,(H,22,23)/b13-10+. The number of nitriles is 1. The van der Waals surface area contributed by atoms with Crippen LogP contribution in [0.4, 0.5) is 4.39 Å². The van der Waals surface area contributed by atoms with Crippen LogP contribution >= 0.6 is 11.3 Å². The van der Waals surface area contributed by atoms with Gasteiger partial charge in [0.2, 0.25) is 0 Å². The number of carbonyl (C=O) groups is 1. The third-order valence-electron chi connectivity index (χ3n) is 3.42. The maximum absolute atomic E-state index is 13.8. The lowest BCUT2D eigenvalue weighted by molar-refractivity contribution is -0.117. The number of amides is 1. The minimum Gasteiger partial charge on any atom is -0.467 e. The first-order valence-electron chi connectivity index (χ1n) is 7.44. The number of rotatable bonds is 5. The number of carbonyl (C=O) groups excluding carboxylic acids is 1. The van der Waals surface area contributed by atoms with E-state index in [2.05, 4.69) is 5.32 Å². The summed E-state index contributed by atoms with van der Waals surface area (Å²) >= 11 is 1.31. The van der Waals surface area contributed by atoms with Gasteiger partial charge >= 0.3 is 0 Å². The molecule has 2 heterocycles. The van der Waals surface area contributed by atoms with E-state index in [9.17, 15) is 14.4 Å². The molecule has 0 fully saturated rings. The van der Waals surface area contributed by atoms with Gasteiger partial charge in [-0.3, -0.25) is 4.79 Å². The number of furan rings is 1. The SMILES string of the molecule is N#C/C(=C\c1ccc(-c2ccccc2F)s1)C(=O)NCc1ccco1. The zero-order valence-corrected chi connectivity index (χ0v) is 13.8. The van der Waals surface area contributed by atoms with E-state index in [1.807, 2.05) is 6.07 Å². The Morgan fingerprint density at radius 1 is 1.24 bits per heavy atom. The molecule has 3 aromatic rings. The summed E-state index contributed by atoms with van der Waals surface area (Å²) in [5, 5.41) is 11.9. The minimum absolute atomic E-state index is 0.0199. The summed E-state index contributed by atoms with van der Waals surface area (Å²) in [6, 6.07) is 15.3. The number of hydrogen-bond donors (Lipinski definition) is 1. The third-order valence-corrected chi connectivity index (χ3v) is 4.49. The lowest BCUT2D eigenvalue weighted by Gasteiger charge is -2.01. The second-order valence-corrected chi connectivity index (χ2v) is 6.23. The molecule has 0 radical (unpaired) electrons. The molecule has 0 spiro atoms. The van der Waals surface area contributed by atoms with Gasteiger partial charge in [-0.2, -0.15) is 5.26 Å². The zero-order chi connectivity index (χ0) is 17.6. The summed E-state index contributed by atoms with van der Waals surface area (Å²) in [7, 11) is 0. The second-order valence-electron chi connectivity index (χ2n) is 5.11. The highest BCUT2D eigenvalue weighted by molar-refractivity contribution is 7.16. The Balaban J connectivity index is 1.75. The van der Waals surface area contributed by atoms with Gasteiger partial charge < -0.3 is 9.73 Å². The average Bonchev–Trinajstić information content (AvgIpc) is 3.30. The van der Waals surface area contributed by atoms with Crippen molar-refractivity contribution in [3.05, 3.63) is 76.8 Å². The molecule has 0 saturated heterocycles. The molecule has 0 aliphatic carbocycles. The number of benzene rings is 1. The van der Waals surface area contributed by atoms with Crippen molar-refractivity contribution in [2.24, 2.45) is 0 Å². The largest absolute Gasteiger partial charge is 0.467 e. The summed E-state index contributed by atoms with van der Waals surface area (Å²) in [5.41, 5.74) is 0.474. The van der Waals surface area contributed by atoms with Crippen LogP contribution in [0.3, 0.4) is 0 Å². The van der Waals surface area contributed by atoms with Gasteiger partial charge in [-0.25, -0.2) is 4.39 Å². The van der Waals surface area contributed by atoms with Crippen LogP contribution in [-0.2, 0) is 11.3 Å². The van der Waals surface area contributed by atoms with E-state index in [4.69, 9.17) is 4.42 Å². The van der Waals surface area contributed by atoms with Gasteiger partial charge in [0.25, 0.3) is 5.91 Å². The van der Waals surface area contributed by atoms with Crippen LogP contribution < -0.4 is 5.32 Å². The van der Waals surface area contributed by atoms with Crippen molar-refractivity contribution < 1.29 is 13.6 Å². The number of nitrogens with zero attached hydrogens (tertiary/aromatic N) is 1. The molecule has 2 aromatic heterocycles. The van der Waals surface area contributed by atoms with E-state index in [-0.39, 0.29) is 17.9 Å². The van der Waals surface area contributed by atoms with Crippen LogP contribution in [0.5, 0.6) is 0 Å². The van der Waals surface area contributed by atoms with Crippen LogP contribution in [0.25, 0.3) is 16.5 Å². The average molecular weight is 352 g/mol. The van der Waals surface area contributed by atoms with E-state index >= 15 is 0 Å². The molecular weight excluding hydrogens is 339 g/mol. The van der Waals surface area contributed by atoms with Crippen molar-refractivity contribution in [1.29, 1.82) is 5.26 Å². The Bertz CT molecular complexity index is 952. The highest BCUT2D eigenvalue weighted by atomic mass is 32.1. The Kier molecular flexibility index (Phi) is 5.07. The van der Waals surface area contributed by atoms with Crippen molar-refractivity contribution in [2.75, 3.05) is 0 Å². The summed E-state index contributed by atoms with van der Waals surface area (Å²) in [6.07, 6.45) is 3.00. The molecule has 1 N–H and O–H groups in total. The fourth-order valence-electron chi connectivity index (χ4n) is 2.20. The minimum atomic E-state index is -0.486. The van der Waals surface area contributed by atoms with Gasteiger partial charge in [-0.1, -0.05) is 18.2 Å². The van der Waals surface area contributed by atoms with Crippen molar-refractivity contribution >= 4 is 23.3 Å². The van der Waals surface area contributed by atoms with Gasteiger partial charge in [0.05, 0.1) is 12.8 Å². The van der Waals surface area contributed by atoms with Gasteiger partial charge in [0.15, 0.2) is 0 Å².